The van der Waals surface area contributed by atoms with Crippen LogP contribution in [0.15, 0.2) is 36.0 Å². The summed E-state index contributed by atoms with van der Waals surface area (Å²) in [7, 11) is 0. The van der Waals surface area contributed by atoms with Crippen LogP contribution in [0.25, 0.3) is 0 Å². The van der Waals surface area contributed by atoms with Crippen molar-refractivity contribution >= 4 is 0 Å². The maximum Gasteiger partial charge on any atom is 0.0912 e. The summed E-state index contributed by atoms with van der Waals surface area (Å²) in [5, 5.41) is 8.10. The predicted octanol–water partition coefficient (Wildman–Crippen LogP) is 2.59. The molecule has 0 N–H and O–H groups in total. The van der Waals surface area contributed by atoms with Gasteiger partial charge < -0.3 is 0 Å². The van der Waals surface area contributed by atoms with Crippen LogP contribution in [0.3, 0.4) is 0 Å². The van der Waals surface area contributed by atoms with E-state index in [2.05, 4.69) is 0 Å². The molecule has 52 valence electrons. The minimum atomic E-state index is 1.20. The smallest absolute Gasteiger partial charge is 0.0912 e. The summed E-state index contributed by atoms with van der Waals surface area (Å²) in [6.45, 7) is 3.99. The Bertz CT molecular complexity index is 201. The van der Waals surface area contributed by atoms with Crippen LogP contribution in [0.1, 0.15) is 13.8 Å². The van der Waals surface area contributed by atoms with E-state index in [0.29, 0.717) is 0 Å². The van der Waals surface area contributed by atoms with E-state index < -0.39 is 0 Å². The number of rotatable bonds is 2. The van der Waals surface area contributed by atoms with Gasteiger partial charge in [-0.3, -0.25) is 0 Å². The number of hydrogen-bond acceptors (Lipinski definition) is 1. The molecule has 0 saturated heterocycles. The summed E-state index contributed by atoms with van der Waals surface area (Å²) in [5.74, 6) is 0. The third-order valence-corrected chi connectivity index (χ3v) is 1.10. The Kier molecular flexibility index (Phi) is 5.09. The van der Waals surface area contributed by atoms with Gasteiger partial charge in [-0.25, -0.2) is 0 Å². The van der Waals surface area contributed by atoms with Crippen LogP contribution in [-0.2, 0) is 0 Å². The van der Waals surface area contributed by atoms with Crippen molar-refractivity contribution < 1.29 is 0 Å². The maximum atomic E-state index is 8.10. The Balaban J connectivity index is 3.80. The molecule has 1 heteroatoms. The molecule has 0 aromatic heterocycles. The van der Waals surface area contributed by atoms with Gasteiger partial charge in [0.1, 0.15) is 0 Å². The lowest BCUT2D eigenvalue weighted by Gasteiger charge is -1.82. The molecule has 0 aliphatic rings. The molecular formula is C9H11N. The number of hydrogen-bond donors (Lipinski definition) is 0. The largest absolute Gasteiger partial charge is 0.193 e. The number of nitrogens with zero attached hydrogens (tertiary/aromatic N) is 1. The van der Waals surface area contributed by atoms with Crippen molar-refractivity contribution in [3.8, 4) is 6.07 Å². The molecule has 0 atom stereocenters. The lowest BCUT2D eigenvalue weighted by molar-refractivity contribution is 1.48. The van der Waals surface area contributed by atoms with Crippen LogP contribution in [0.5, 0.6) is 0 Å². The van der Waals surface area contributed by atoms with Gasteiger partial charge in [0.15, 0.2) is 0 Å². The van der Waals surface area contributed by atoms with Gasteiger partial charge in [0.05, 0.1) is 6.07 Å². The van der Waals surface area contributed by atoms with Crippen molar-refractivity contribution in [2.45, 2.75) is 13.8 Å². The van der Waals surface area contributed by atoms with Crippen molar-refractivity contribution in [1.82, 2.24) is 0 Å². The molecule has 0 aliphatic heterocycles. The SMILES string of the molecule is C\C=C(C)/C=C\C=C\C#N. The van der Waals surface area contributed by atoms with E-state index in [1.807, 2.05) is 38.1 Å². The zero-order valence-electron chi connectivity index (χ0n) is 6.33. The molecule has 0 rings (SSSR count). The van der Waals surface area contributed by atoms with Gasteiger partial charge in [-0.2, -0.15) is 5.26 Å². The van der Waals surface area contributed by atoms with Crippen LogP contribution in [0.4, 0.5) is 0 Å². The Morgan fingerprint density at radius 3 is 2.60 bits per heavy atom. The summed E-state index contributed by atoms with van der Waals surface area (Å²) in [4.78, 5) is 0. The monoisotopic (exact) mass is 133 g/mol. The molecule has 0 fully saturated rings. The average Bonchev–Trinajstić information content (AvgIpc) is 1.98. The fraction of sp³-hybridized carbons (Fsp3) is 0.222. The lowest BCUT2D eigenvalue weighted by atomic mass is 10.2. The summed E-state index contributed by atoms with van der Waals surface area (Å²) in [5.41, 5.74) is 1.20. The van der Waals surface area contributed by atoms with Gasteiger partial charge in [0.25, 0.3) is 0 Å². The lowest BCUT2D eigenvalue weighted by Crippen LogP contribution is -1.61. The van der Waals surface area contributed by atoms with Crippen molar-refractivity contribution in [2.75, 3.05) is 0 Å². The van der Waals surface area contributed by atoms with Gasteiger partial charge in [-0.05, 0) is 13.8 Å². The van der Waals surface area contributed by atoms with Gasteiger partial charge in [0, 0.05) is 6.08 Å². The van der Waals surface area contributed by atoms with E-state index >= 15 is 0 Å². The third-order valence-electron chi connectivity index (χ3n) is 1.10. The van der Waals surface area contributed by atoms with E-state index in [0.717, 1.165) is 0 Å². The quantitative estimate of drug-likeness (QED) is 0.419. The van der Waals surface area contributed by atoms with Gasteiger partial charge in [-0.1, -0.05) is 29.9 Å². The molecule has 0 aliphatic carbocycles. The van der Waals surface area contributed by atoms with Gasteiger partial charge in [0.2, 0.25) is 0 Å². The van der Waals surface area contributed by atoms with Crippen molar-refractivity contribution in [1.29, 1.82) is 5.26 Å². The standard InChI is InChI=1S/C9H11N/c1-3-9(2)7-5-4-6-8-10/h3-7H,1-2H3/b6-4+,7-5-,9-3-. The van der Waals surface area contributed by atoms with Crippen LogP contribution in [0, 0.1) is 11.3 Å². The predicted molar refractivity (Wildman–Crippen MR) is 43.3 cm³/mol. The zero-order valence-corrected chi connectivity index (χ0v) is 6.33. The fourth-order valence-corrected chi connectivity index (χ4v) is 0.402. The minimum absolute atomic E-state index is 1.20. The first-order chi connectivity index (χ1) is 4.81. The molecule has 0 amide bonds. The Morgan fingerprint density at radius 2 is 2.10 bits per heavy atom. The average molecular weight is 133 g/mol. The molecule has 0 bridgehead atoms. The highest BCUT2D eigenvalue weighted by Crippen LogP contribution is 1.92. The second-order valence-corrected chi connectivity index (χ2v) is 1.88. The maximum absolute atomic E-state index is 8.10. The molecule has 0 aromatic carbocycles. The summed E-state index contributed by atoms with van der Waals surface area (Å²) >= 11 is 0. The fourth-order valence-electron chi connectivity index (χ4n) is 0.402. The van der Waals surface area contributed by atoms with Gasteiger partial charge in [-0.15, -0.1) is 0 Å². The van der Waals surface area contributed by atoms with Crippen LogP contribution >= 0.6 is 0 Å². The van der Waals surface area contributed by atoms with Crippen LogP contribution in [0.2, 0.25) is 0 Å². The molecule has 0 unspecified atom stereocenters. The summed E-state index contributed by atoms with van der Waals surface area (Å²) in [6.07, 6.45) is 8.97. The van der Waals surface area contributed by atoms with Gasteiger partial charge >= 0.3 is 0 Å². The van der Waals surface area contributed by atoms with E-state index in [1.54, 1.807) is 6.08 Å². The second-order valence-electron chi connectivity index (χ2n) is 1.88. The minimum Gasteiger partial charge on any atom is -0.193 e. The first-order valence-corrected chi connectivity index (χ1v) is 3.17. The number of allylic oxidation sites excluding steroid dienone is 6. The Hall–Kier alpha value is -1.29. The van der Waals surface area contributed by atoms with E-state index in [4.69, 9.17) is 5.26 Å². The summed E-state index contributed by atoms with van der Waals surface area (Å²) < 4.78 is 0. The first kappa shape index (κ1) is 8.71. The molecule has 1 nitrogen and oxygen atoms in total. The first-order valence-electron chi connectivity index (χ1n) is 3.17. The molecule has 10 heavy (non-hydrogen) atoms. The van der Waals surface area contributed by atoms with Crippen LogP contribution < -0.4 is 0 Å². The van der Waals surface area contributed by atoms with Crippen LogP contribution in [-0.4, -0.2) is 0 Å². The molecule has 0 aromatic rings. The number of nitriles is 1. The van der Waals surface area contributed by atoms with Crippen molar-refractivity contribution in [2.24, 2.45) is 0 Å². The normalized spacial score (nSPS) is 12.7. The highest BCUT2D eigenvalue weighted by molar-refractivity contribution is 5.21. The third kappa shape index (κ3) is 4.86. The van der Waals surface area contributed by atoms with E-state index in [1.165, 1.54) is 11.6 Å². The second kappa shape index (κ2) is 5.84. The van der Waals surface area contributed by atoms with Crippen molar-refractivity contribution in [3.63, 3.8) is 0 Å². The van der Waals surface area contributed by atoms with E-state index in [9.17, 15) is 0 Å². The Morgan fingerprint density at radius 1 is 1.40 bits per heavy atom. The molecular weight excluding hydrogens is 122 g/mol. The van der Waals surface area contributed by atoms with E-state index in [-0.39, 0.29) is 0 Å². The topological polar surface area (TPSA) is 23.8 Å². The highest BCUT2D eigenvalue weighted by atomic mass is 14.2. The summed E-state index contributed by atoms with van der Waals surface area (Å²) in [6, 6.07) is 1.91. The zero-order chi connectivity index (χ0) is 7.82. The Labute approximate surface area is 62.0 Å². The van der Waals surface area contributed by atoms with Crippen molar-refractivity contribution in [3.05, 3.63) is 36.0 Å². The highest BCUT2D eigenvalue weighted by Gasteiger charge is 1.72. The molecule has 0 heterocycles. The molecule has 0 saturated carbocycles. The molecule has 0 radical (unpaired) electrons. The molecule has 0 spiro atoms.